The number of carbonyl (C=O) groups excluding carboxylic acids is 1. The molecule has 3 aliphatic carbocycles. The Morgan fingerprint density at radius 3 is 2.08 bits per heavy atom. The number of hydrogen-bond acceptors (Lipinski definition) is 5. The second-order valence-electron chi connectivity index (χ2n) is 18.5. The van der Waals surface area contributed by atoms with Gasteiger partial charge in [-0.2, -0.15) is 0 Å². The molecule has 3 heterocycles. The first-order valence-corrected chi connectivity index (χ1v) is 26.3. The van der Waals surface area contributed by atoms with Crippen molar-refractivity contribution in [3.8, 4) is 38.5 Å². The summed E-state index contributed by atoms with van der Waals surface area (Å²) in [6.45, 7) is 21.8. The first-order valence-electron chi connectivity index (χ1n) is 22.2. The van der Waals surface area contributed by atoms with Crippen LogP contribution in [0.25, 0.3) is 5.57 Å². The van der Waals surface area contributed by atoms with Crippen molar-refractivity contribution in [2.24, 2.45) is 33.5 Å². The van der Waals surface area contributed by atoms with Gasteiger partial charge in [-0.05, 0) is 140 Å². The molecular formula is C51H77FN2O5S2. The summed E-state index contributed by atoms with van der Waals surface area (Å²) in [4.78, 5) is 27.9. The van der Waals surface area contributed by atoms with Crippen LogP contribution in [0, 0.1) is 77.9 Å². The van der Waals surface area contributed by atoms with Crippen LogP contribution in [0.5, 0.6) is 0 Å². The molecule has 10 heteroatoms. The molecule has 7 rings (SSSR count). The number of carboxylic acid groups (broad SMARTS) is 1. The summed E-state index contributed by atoms with van der Waals surface area (Å²) in [6.07, 6.45) is 41.6. The maximum Gasteiger partial charge on any atom is 0.338 e. The van der Waals surface area contributed by atoms with Gasteiger partial charge < -0.3 is 15.3 Å². The monoisotopic (exact) mass is 881 g/mol. The fraction of sp³-hybridized carbons (Fsp3) is 0.647. The number of hydrogen-bond donors (Lipinski definition) is 2. The molecule has 2 N–H and O–H groups in total. The lowest BCUT2D eigenvalue weighted by atomic mass is 9.42. The van der Waals surface area contributed by atoms with Gasteiger partial charge in [0.25, 0.3) is 0 Å². The van der Waals surface area contributed by atoms with E-state index in [1.165, 1.54) is 37.1 Å². The second kappa shape index (κ2) is 22.2. The number of carbonyl (C=O) groups is 2. The Bertz CT molecular complexity index is 1860. The Labute approximate surface area is 372 Å². The third kappa shape index (κ3) is 10.3. The summed E-state index contributed by atoms with van der Waals surface area (Å²) >= 11 is 0. The maximum absolute atomic E-state index is 14.9. The van der Waals surface area contributed by atoms with E-state index in [2.05, 4.69) is 95.4 Å². The van der Waals surface area contributed by atoms with Crippen LogP contribution in [0.2, 0.25) is 0 Å². The van der Waals surface area contributed by atoms with Gasteiger partial charge in [0, 0.05) is 24.9 Å². The van der Waals surface area contributed by atoms with Crippen molar-refractivity contribution in [2.75, 3.05) is 49.7 Å². The van der Waals surface area contributed by atoms with Crippen LogP contribution in [0.1, 0.15) is 129 Å². The number of halogens is 1. The molecule has 6 aliphatic rings. The van der Waals surface area contributed by atoms with Crippen molar-refractivity contribution < 1.29 is 27.5 Å². The lowest BCUT2D eigenvalue weighted by Crippen LogP contribution is -2.64. The van der Waals surface area contributed by atoms with Crippen LogP contribution in [0.15, 0.2) is 36.9 Å². The Morgan fingerprint density at radius 1 is 0.902 bits per heavy atom. The Balaban J connectivity index is 0.00000107. The summed E-state index contributed by atoms with van der Waals surface area (Å²) in [5.74, 6) is 1.16. The molecule has 0 spiro atoms. The number of amides is 1. The van der Waals surface area contributed by atoms with E-state index < -0.39 is 31.7 Å². The number of fused-ring (bicyclic) bond motifs is 7. The minimum Gasteiger partial charge on any atom is -0.478 e. The number of terminal acetylenes is 3. The van der Waals surface area contributed by atoms with Gasteiger partial charge in [0.15, 0.2) is 9.84 Å². The normalized spacial score (nSPS) is 34.6. The van der Waals surface area contributed by atoms with Gasteiger partial charge in [-0.1, -0.05) is 66.2 Å². The smallest absolute Gasteiger partial charge is 0.338 e. The van der Waals surface area contributed by atoms with E-state index in [0.717, 1.165) is 62.6 Å². The van der Waals surface area contributed by atoms with Gasteiger partial charge >= 0.3 is 5.97 Å². The molecule has 1 aromatic rings. The largest absolute Gasteiger partial charge is 0.478 e. The van der Waals surface area contributed by atoms with E-state index in [1.807, 2.05) is 20.8 Å². The van der Waals surface area contributed by atoms with E-state index in [0.29, 0.717) is 42.0 Å². The maximum atomic E-state index is 14.9. The van der Waals surface area contributed by atoms with E-state index in [4.69, 9.17) is 0 Å². The lowest BCUT2D eigenvalue weighted by Gasteiger charge is -2.72. The minimum absolute atomic E-state index is 0.125. The number of nitrogens with zero attached hydrogens (tertiary/aromatic N) is 1. The topological polar surface area (TPSA) is 104 Å². The first-order chi connectivity index (χ1) is 28.9. The van der Waals surface area contributed by atoms with Crippen LogP contribution < -0.4 is 5.32 Å². The van der Waals surface area contributed by atoms with Gasteiger partial charge in [-0.3, -0.25) is 4.79 Å². The van der Waals surface area contributed by atoms with E-state index in [1.54, 1.807) is 12.1 Å². The van der Waals surface area contributed by atoms with Crippen molar-refractivity contribution >= 4 is 37.3 Å². The van der Waals surface area contributed by atoms with Crippen LogP contribution in [-0.4, -0.2) is 90.5 Å². The fourth-order valence-corrected chi connectivity index (χ4v) is 20.4. The molecule has 8 atom stereocenters. The number of nitrogens with one attached hydrogen (secondary N) is 1. The number of rotatable bonds is 7. The van der Waals surface area contributed by atoms with Crippen LogP contribution in [0.4, 0.5) is 4.39 Å². The molecule has 340 valence electrons. The number of allylic oxidation sites excluding steroid dienone is 3. The van der Waals surface area contributed by atoms with Crippen molar-refractivity contribution in [3.63, 3.8) is 0 Å². The van der Waals surface area contributed by atoms with Gasteiger partial charge in [0.05, 0.1) is 22.5 Å². The second-order valence-corrected chi connectivity index (χ2v) is 24.8. The summed E-state index contributed by atoms with van der Waals surface area (Å²) in [5, 5.41) is 13.9. The molecule has 1 amide bonds. The fourth-order valence-electron chi connectivity index (χ4n) is 13.2. The van der Waals surface area contributed by atoms with Crippen molar-refractivity contribution in [1.82, 2.24) is 10.2 Å². The van der Waals surface area contributed by atoms with Gasteiger partial charge in [-0.15, -0.1) is 45.1 Å². The first kappa shape index (κ1) is 53.6. The zero-order valence-corrected chi connectivity index (χ0v) is 40.2. The third-order valence-corrected chi connectivity index (χ3v) is 22.2. The number of aromatic carboxylic acids is 1. The highest BCUT2D eigenvalue weighted by Crippen LogP contribution is 2.80. The molecule has 2 saturated carbocycles. The number of benzene rings is 1. The summed E-state index contributed by atoms with van der Waals surface area (Å²) in [7, 11) is -3.93. The molecule has 5 unspecified atom stereocenters. The molecule has 7 nitrogen and oxygen atoms in total. The van der Waals surface area contributed by atoms with Gasteiger partial charge in [0.2, 0.25) is 5.91 Å². The molecule has 1 aromatic carbocycles. The molecular weight excluding hydrogens is 804 g/mol. The lowest BCUT2D eigenvalue weighted by molar-refractivity contribution is -0.132. The molecule has 0 bridgehead atoms. The van der Waals surface area contributed by atoms with Crippen molar-refractivity contribution in [1.29, 1.82) is 0 Å². The highest BCUT2D eigenvalue weighted by Gasteiger charge is 2.68. The van der Waals surface area contributed by atoms with Crippen LogP contribution in [-0.2, 0) is 14.6 Å². The standard InChI is InChI=1S/C40H59FN2O5S2.C3H6.C2H6.3C2H2/c1-37(2)29(27-9-10-28(35(44)45)30(41)26-27)11-16-38(3)31(37)12-17-39(4)32(38)14-23-49(5)33(39)13-18-40(15-6-8-34(40)49)36(46)42-19-7-20-43-21-24-50(47,48)25-22-43;1-3-2;4*1-2/h9-11,26,31-34H,6-8,12-25H2,1-5H3,(H,42,46)(H,44,45);3H,1H2,2H3;1-2H3;3*1-2H/t31?,32?,33?,34?,38-,39+,40-;;;;;/m0...../s1. The quantitative estimate of drug-likeness (QED) is 0.161. The van der Waals surface area contributed by atoms with E-state index in [-0.39, 0.29) is 44.6 Å². The predicted octanol–water partition coefficient (Wildman–Crippen LogP) is 10.1. The summed E-state index contributed by atoms with van der Waals surface area (Å²) < 4.78 is 38.5. The van der Waals surface area contributed by atoms with Gasteiger partial charge in [-0.25, -0.2) is 27.6 Å². The average molecular weight is 881 g/mol. The zero-order chi connectivity index (χ0) is 46.6. The average Bonchev–Trinajstić information content (AvgIpc) is 3.70. The SMILES string of the molecule is C#C.C#C.C#C.C=CC.CC.CC1(C)C(c2ccc(C(=O)O)c(F)c2)=CC[C@@]2(C)C1CC[C@]1(C)C2CCS2(C)C3CCC[C@]3(C(=O)NCCCN3CCS(=O)(=O)CC3)CCC12. The third-order valence-electron chi connectivity index (χ3n) is 15.4. The highest BCUT2D eigenvalue weighted by molar-refractivity contribution is 8.34. The molecule has 3 aliphatic heterocycles. The predicted molar refractivity (Wildman–Crippen MR) is 258 cm³/mol. The Morgan fingerprint density at radius 2 is 1.51 bits per heavy atom. The van der Waals surface area contributed by atoms with Gasteiger partial charge in [0.1, 0.15) is 5.82 Å². The van der Waals surface area contributed by atoms with Crippen LogP contribution >= 0.6 is 10.0 Å². The number of sulfone groups is 1. The summed E-state index contributed by atoms with van der Waals surface area (Å²) in [6, 6.07) is 4.64. The summed E-state index contributed by atoms with van der Waals surface area (Å²) in [5.41, 5.74) is 1.63. The highest BCUT2D eigenvalue weighted by atomic mass is 32.3. The Kier molecular flexibility index (Phi) is 19.5. The van der Waals surface area contributed by atoms with E-state index in [9.17, 15) is 27.5 Å². The van der Waals surface area contributed by atoms with Crippen molar-refractivity contribution in [3.05, 3.63) is 53.9 Å². The zero-order valence-electron chi connectivity index (χ0n) is 38.6. The molecule has 0 radical (unpaired) electrons. The number of carboxylic acids is 1. The van der Waals surface area contributed by atoms with Crippen LogP contribution in [0.3, 0.4) is 0 Å². The Hall–Kier alpha value is -3.49. The molecule has 0 aromatic heterocycles. The molecule has 5 fully saturated rings. The van der Waals surface area contributed by atoms with Crippen molar-refractivity contribution in [2.45, 2.75) is 123 Å². The van der Waals surface area contributed by atoms with E-state index >= 15 is 0 Å². The molecule has 3 saturated heterocycles. The molecule has 61 heavy (non-hydrogen) atoms. The minimum atomic E-state index is -2.88.